The fourth-order valence-corrected chi connectivity index (χ4v) is 2.48. The summed E-state index contributed by atoms with van der Waals surface area (Å²) in [5.41, 5.74) is -0.507. The van der Waals surface area contributed by atoms with Crippen molar-refractivity contribution in [2.75, 3.05) is 126 Å². The molecule has 0 bridgehead atoms. The smallest absolute Gasteiger partial charge is 0.332 e. The van der Waals surface area contributed by atoms with Gasteiger partial charge in [-0.1, -0.05) is 6.58 Å². The second kappa shape index (κ2) is 28.7. The standard InChI is InChI=1S/C26H50O12/c1-5-28-6-7-29-8-9-30-10-11-31-12-13-32-14-15-33-16-17-34-18-19-35-20-21-36-22-23-37-24-25(27)38-26(2,3)4/h5H,1,6-24H2,2-4H3. The van der Waals surface area contributed by atoms with E-state index in [1.807, 2.05) is 20.8 Å². The van der Waals surface area contributed by atoms with Crippen molar-refractivity contribution in [1.82, 2.24) is 0 Å². The van der Waals surface area contributed by atoms with Gasteiger partial charge in [-0.3, -0.25) is 0 Å². The van der Waals surface area contributed by atoms with Crippen LogP contribution < -0.4 is 0 Å². The molecule has 12 nitrogen and oxygen atoms in total. The van der Waals surface area contributed by atoms with Crippen molar-refractivity contribution in [1.29, 1.82) is 0 Å². The van der Waals surface area contributed by atoms with Gasteiger partial charge in [0.05, 0.1) is 119 Å². The molecule has 0 radical (unpaired) electrons. The molecule has 0 rings (SSSR count). The van der Waals surface area contributed by atoms with Crippen LogP contribution in [0.3, 0.4) is 0 Å². The predicted molar refractivity (Wildman–Crippen MR) is 139 cm³/mol. The van der Waals surface area contributed by atoms with Gasteiger partial charge in [-0.25, -0.2) is 4.79 Å². The van der Waals surface area contributed by atoms with Crippen molar-refractivity contribution in [3.05, 3.63) is 12.8 Å². The zero-order valence-corrected chi connectivity index (χ0v) is 23.6. The summed E-state index contributed by atoms with van der Waals surface area (Å²) >= 11 is 0. The third-order valence-corrected chi connectivity index (χ3v) is 4.08. The summed E-state index contributed by atoms with van der Waals surface area (Å²) in [7, 11) is 0. The summed E-state index contributed by atoms with van der Waals surface area (Å²) in [6.07, 6.45) is 1.39. The number of carbonyl (C=O) groups is 1. The fraction of sp³-hybridized carbons (Fsp3) is 0.885. The molecule has 0 atom stereocenters. The van der Waals surface area contributed by atoms with Crippen LogP contribution in [-0.2, 0) is 56.9 Å². The van der Waals surface area contributed by atoms with E-state index in [1.165, 1.54) is 6.26 Å². The summed E-state index contributed by atoms with van der Waals surface area (Å²) in [6.45, 7) is 17.5. The van der Waals surface area contributed by atoms with E-state index in [9.17, 15) is 4.79 Å². The molecule has 0 unspecified atom stereocenters. The lowest BCUT2D eigenvalue weighted by molar-refractivity contribution is -0.160. The largest absolute Gasteiger partial charge is 0.499 e. The van der Waals surface area contributed by atoms with Crippen molar-refractivity contribution in [3.8, 4) is 0 Å². The third-order valence-electron chi connectivity index (χ3n) is 4.08. The van der Waals surface area contributed by atoms with Gasteiger partial charge in [-0.2, -0.15) is 0 Å². The zero-order chi connectivity index (χ0) is 28.0. The van der Waals surface area contributed by atoms with Gasteiger partial charge in [0.15, 0.2) is 0 Å². The van der Waals surface area contributed by atoms with Gasteiger partial charge in [-0.15, -0.1) is 0 Å². The van der Waals surface area contributed by atoms with Crippen LogP contribution in [0.5, 0.6) is 0 Å². The normalized spacial score (nSPS) is 11.6. The molecule has 0 aromatic heterocycles. The van der Waals surface area contributed by atoms with Crippen LogP contribution in [0.4, 0.5) is 0 Å². The average molecular weight is 555 g/mol. The molecule has 0 aromatic carbocycles. The third kappa shape index (κ3) is 32.7. The van der Waals surface area contributed by atoms with Crippen LogP contribution in [-0.4, -0.2) is 137 Å². The monoisotopic (exact) mass is 554 g/mol. The summed E-state index contributed by atoms with van der Waals surface area (Å²) in [5.74, 6) is -0.385. The van der Waals surface area contributed by atoms with E-state index < -0.39 is 5.60 Å². The van der Waals surface area contributed by atoms with E-state index in [-0.39, 0.29) is 12.6 Å². The molecule has 0 aliphatic carbocycles. The molecule has 0 spiro atoms. The molecule has 226 valence electrons. The van der Waals surface area contributed by atoms with Crippen molar-refractivity contribution >= 4 is 5.97 Å². The molecular weight excluding hydrogens is 504 g/mol. The van der Waals surface area contributed by atoms with Gasteiger partial charge in [0.25, 0.3) is 0 Å². The van der Waals surface area contributed by atoms with Crippen molar-refractivity contribution in [3.63, 3.8) is 0 Å². The topological polar surface area (TPSA) is 119 Å². The predicted octanol–water partition coefficient (Wildman–Crippen LogP) is 1.64. The summed E-state index contributed by atoms with van der Waals surface area (Å²) in [6, 6.07) is 0. The molecule has 0 heterocycles. The van der Waals surface area contributed by atoms with Gasteiger partial charge >= 0.3 is 5.97 Å². The minimum atomic E-state index is -0.507. The Bertz CT molecular complexity index is 513. The highest BCUT2D eigenvalue weighted by atomic mass is 16.6. The number of carbonyl (C=O) groups excluding carboxylic acids is 1. The van der Waals surface area contributed by atoms with Gasteiger partial charge < -0.3 is 52.1 Å². The molecule has 0 aliphatic rings. The Morgan fingerprint density at radius 2 is 0.763 bits per heavy atom. The maximum atomic E-state index is 11.5. The van der Waals surface area contributed by atoms with Gasteiger partial charge in [0.2, 0.25) is 0 Å². The first kappa shape index (κ1) is 36.6. The van der Waals surface area contributed by atoms with E-state index in [2.05, 4.69) is 6.58 Å². The lowest BCUT2D eigenvalue weighted by Crippen LogP contribution is -2.27. The van der Waals surface area contributed by atoms with Crippen LogP contribution in [0.2, 0.25) is 0 Å². The fourth-order valence-electron chi connectivity index (χ4n) is 2.48. The quantitative estimate of drug-likeness (QED) is 0.0729. The molecule has 12 heteroatoms. The van der Waals surface area contributed by atoms with E-state index in [0.29, 0.717) is 119 Å². The summed E-state index contributed by atoms with van der Waals surface area (Å²) in [5, 5.41) is 0. The maximum absolute atomic E-state index is 11.5. The van der Waals surface area contributed by atoms with E-state index in [4.69, 9.17) is 52.1 Å². The molecule has 0 aliphatic heterocycles. The number of esters is 1. The van der Waals surface area contributed by atoms with Gasteiger partial charge in [0, 0.05) is 0 Å². The molecule has 0 amide bonds. The molecule has 0 aromatic rings. The van der Waals surface area contributed by atoms with Crippen LogP contribution >= 0.6 is 0 Å². The SMILES string of the molecule is C=COCCOCCOCCOCCOCCOCCOCCOCCOCCOCC(=O)OC(C)(C)C. The highest BCUT2D eigenvalue weighted by Crippen LogP contribution is 2.06. The first-order chi connectivity index (χ1) is 18.5. The maximum Gasteiger partial charge on any atom is 0.332 e. The second-order valence-electron chi connectivity index (χ2n) is 8.58. The highest BCUT2D eigenvalue weighted by molar-refractivity contribution is 5.71. The lowest BCUT2D eigenvalue weighted by Gasteiger charge is -2.19. The van der Waals surface area contributed by atoms with Crippen molar-refractivity contribution < 1.29 is 56.9 Å². The number of rotatable bonds is 30. The van der Waals surface area contributed by atoms with E-state index >= 15 is 0 Å². The van der Waals surface area contributed by atoms with E-state index in [0.717, 1.165) is 0 Å². The zero-order valence-electron chi connectivity index (χ0n) is 23.6. The highest BCUT2D eigenvalue weighted by Gasteiger charge is 2.15. The Labute approximate surface area is 228 Å². The Morgan fingerprint density at radius 3 is 1.03 bits per heavy atom. The first-order valence-electron chi connectivity index (χ1n) is 13.1. The summed E-state index contributed by atoms with van der Waals surface area (Å²) < 4.78 is 58.5. The number of hydrogen-bond donors (Lipinski definition) is 0. The molecule has 0 saturated heterocycles. The van der Waals surface area contributed by atoms with Crippen LogP contribution in [0.15, 0.2) is 12.8 Å². The number of hydrogen-bond acceptors (Lipinski definition) is 12. The lowest BCUT2D eigenvalue weighted by atomic mass is 10.2. The van der Waals surface area contributed by atoms with Gasteiger partial charge in [-0.05, 0) is 20.8 Å². The Morgan fingerprint density at radius 1 is 0.500 bits per heavy atom. The first-order valence-corrected chi connectivity index (χ1v) is 13.1. The molecule has 38 heavy (non-hydrogen) atoms. The average Bonchev–Trinajstić information content (AvgIpc) is 2.86. The van der Waals surface area contributed by atoms with Crippen molar-refractivity contribution in [2.24, 2.45) is 0 Å². The van der Waals surface area contributed by atoms with Crippen LogP contribution in [0.25, 0.3) is 0 Å². The van der Waals surface area contributed by atoms with Gasteiger partial charge in [0.1, 0.15) is 18.8 Å². The van der Waals surface area contributed by atoms with Crippen LogP contribution in [0, 0.1) is 0 Å². The Hall–Kier alpha value is -1.35. The minimum Gasteiger partial charge on any atom is -0.499 e. The molecule has 0 N–H and O–H groups in total. The second-order valence-corrected chi connectivity index (χ2v) is 8.58. The molecular formula is C26H50O12. The van der Waals surface area contributed by atoms with Crippen molar-refractivity contribution in [2.45, 2.75) is 26.4 Å². The van der Waals surface area contributed by atoms with Crippen LogP contribution in [0.1, 0.15) is 20.8 Å². The minimum absolute atomic E-state index is 0.0805. The molecule has 0 saturated carbocycles. The number of ether oxygens (including phenoxy) is 11. The molecule has 0 fully saturated rings. The summed E-state index contributed by atoms with van der Waals surface area (Å²) in [4.78, 5) is 11.5. The Kier molecular flexibility index (Phi) is 27.6. The van der Waals surface area contributed by atoms with E-state index in [1.54, 1.807) is 0 Å². The Balaban J connectivity index is 3.10.